The van der Waals surface area contributed by atoms with E-state index < -0.39 is 5.91 Å². The lowest BCUT2D eigenvalue weighted by atomic mass is 9.64. The second-order valence-corrected chi connectivity index (χ2v) is 7.22. The molecule has 1 aromatic rings. The number of aromatic nitrogens is 1. The summed E-state index contributed by atoms with van der Waals surface area (Å²) in [5.74, 6) is -0.498. The van der Waals surface area contributed by atoms with E-state index in [1.165, 1.54) is 19.3 Å². The maximum absolute atomic E-state index is 11.5. The van der Waals surface area contributed by atoms with Crippen LogP contribution in [0.3, 0.4) is 0 Å². The molecule has 0 atom stereocenters. The molecule has 2 heterocycles. The van der Waals surface area contributed by atoms with E-state index in [4.69, 9.17) is 5.21 Å². The fraction of sp³-hybridized carbons (Fsp3) is 0.647. The molecular formula is C17H26N4O2. The Morgan fingerprint density at radius 3 is 3.00 bits per heavy atom. The molecule has 1 aliphatic carbocycles. The Morgan fingerprint density at radius 1 is 1.52 bits per heavy atom. The number of hydrogen-bond donors (Lipinski definition) is 3. The zero-order valence-electron chi connectivity index (χ0n) is 13.9. The Morgan fingerprint density at radius 2 is 2.30 bits per heavy atom. The summed E-state index contributed by atoms with van der Waals surface area (Å²) in [6.45, 7) is 5.36. The van der Waals surface area contributed by atoms with Crippen molar-refractivity contribution in [3.8, 4) is 0 Å². The van der Waals surface area contributed by atoms with Gasteiger partial charge in [0.05, 0.1) is 11.3 Å². The van der Waals surface area contributed by atoms with Crippen molar-refractivity contribution in [3.05, 3.63) is 29.1 Å². The van der Waals surface area contributed by atoms with Crippen molar-refractivity contribution in [2.75, 3.05) is 20.1 Å². The van der Waals surface area contributed by atoms with Crippen molar-refractivity contribution >= 4 is 5.91 Å². The summed E-state index contributed by atoms with van der Waals surface area (Å²) >= 11 is 0. The Balaban J connectivity index is 1.60. The first-order valence-corrected chi connectivity index (χ1v) is 8.35. The van der Waals surface area contributed by atoms with Gasteiger partial charge in [-0.2, -0.15) is 0 Å². The Labute approximate surface area is 137 Å². The van der Waals surface area contributed by atoms with Crippen LogP contribution in [0.1, 0.15) is 47.8 Å². The summed E-state index contributed by atoms with van der Waals surface area (Å²) in [7, 11) is 2.01. The van der Waals surface area contributed by atoms with E-state index >= 15 is 0 Å². The Bertz CT molecular complexity index is 584. The first-order valence-electron chi connectivity index (χ1n) is 8.35. The van der Waals surface area contributed by atoms with Gasteiger partial charge >= 0.3 is 0 Å². The lowest BCUT2D eigenvalue weighted by molar-refractivity contribution is -0.000142. The maximum atomic E-state index is 11.5. The standard InChI is InChI=1S/C17H26N4O2/c1-17(4-5-18-2)8-14(9-17)21-6-3-12-7-13(16(22)20-23)10-19-15(12)11-21/h7,10,14,18,23H,3-6,8-9,11H2,1-2H3,(H,20,22). The van der Waals surface area contributed by atoms with Crippen LogP contribution in [0.5, 0.6) is 0 Å². The third-order valence-electron chi connectivity index (χ3n) is 5.40. The molecule has 0 radical (unpaired) electrons. The van der Waals surface area contributed by atoms with Crippen LogP contribution in [-0.4, -0.2) is 47.2 Å². The largest absolute Gasteiger partial charge is 0.320 e. The predicted octanol–water partition coefficient (Wildman–Crippen LogP) is 1.34. The van der Waals surface area contributed by atoms with E-state index in [9.17, 15) is 4.79 Å². The van der Waals surface area contributed by atoms with Crippen molar-refractivity contribution in [1.82, 2.24) is 20.7 Å². The molecule has 23 heavy (non-hydrogen) atoms. The summed E-state index contributed by atoms with van der Waals surface area (Å²) in [4.78, 5) is 18.4. The lowest BCUT2D eigenvalue weighted by Gasteiger charge is -2.51. The van der Waals surface area contributed by atoms with Crippen LogP contribution in [0, 0.1) is 5.41 Å². The summed E-state index contributed by atoms with van der Waals surface area (Å²) in [6.07, 6.45) is 6.22. The molecule has 0 spiro atoms. The van der Waals surface area contributed by atoms with Crippen molar-refractivity contribution in [2.24, 2.45) is 5.41 Å². The molecule has 6 nitrogen and oxygen atoms in total. The molecule has 0 bridgehead atoms. The van der Waals surface area contributed by atoms with E-state index in [-0.39, 0.29) is 0 Å². The molecule has 0 unspecified atom stereocenters. The molecule has 0 aromatic carbocycles. The number of pyridine rings is 1. The predicted molar refractivity (Wildman–Crippen MR) is 87.3 cm³/mol. The number of hydrogen-bond acceptors (Lipinski definition) is 5. The first kappa shape index (κ1) is 16.4. The maximum Gasteiger partial charge on any atom is 0.276 e. The van der Waals surface area contributed by atoms with E-state index in [1.54, 1.807) is 11.7 Å². The molecular weight excluding hydrogens is 292 g/mol. The third-order valence-corrected chi connectivity index (χ3v) is 5.40. The van der Waals surface area contributed by atoms with Gasteiger partial charge in [-0.05, 0) is 56.3 Å². The molecule has 1 fully saturated rings. The molecule has 126 valence electrons. The van der Waals surface area contributed by atoms with Crippen LogP contribution in [0.2, 0.25) is 0 Å². The number of carbonyl (C=O) groups is 1. The Hall–Kier alpha value is -1.50. The van der Waals surface area contributed by atoms with Crippen molar-refractivity contribution < 1.29 is 10.0 Å². The van der Waals surface area contributed by atoms with Gasteiger partial charge in [-0.3, -0.25) is 19.9 Å². The van der Waals surface area contributed by atoms with Gasteiger partial charge in [0, 0.05) is 25.3 Å². The summed E-state index contributed by atoms with van der Waals surface area (Å²) in [5.41, 5.74) is 4.75. The number of rotatable bonds is 5. The normalized spacial score (nSPS) is 27.2. The number of hydroxylamine groups is 1. The molecule has 1 amide bonds. The van der Waals surface area contributed by atoms with Crippen LogP contribution in [-0.2, 0) is 13.0 Å². The highest BCUT2D eigenvalue weighted by Gasteiger charge is 2.43. The monoisotopic (exact) mass is 318 g/mol. The van der Waals surface area contributed by atoms with Crippen LogP contribution in [0.15, 0.2) is 12.3 Å². The SMILES string of the molecule is CNCCC1(C)CC(N2CCc3cc(C(=O)NO)cnc3C2)C1. The zero-order valence-corrected chi connectivity index (χ0v) is 13.9. The van der Waals surface area contributed by atoms with Gasteiger partial charge in [0.1, 0.15) is 0 Å². The van der Waals surface area contributed by atoms with Gasteiger partial charge in [-0.25, -0.2) is 5.48 Å². The zero-order chi connectivity index (χ0) is 16.4. The van der Waals surface area contributed by atoms with E-state index in [0.29, 0.717) is 17.0 Å². The van der Waals surface area contributed by atoms with Crippen molar-refractivity contribution in [1.29, 1.82) is 0 Å². The Kier molecular flexibility index (Phi) is 4.66. The highest BCUT2D eigenvalue weighted by atomic mass is 16.5. The number of nitrogens with one attached hydrogen (secondary N) is 2. The molecule has 1 aliphatic heterocycles. The third kappa shape index (κ3) is 3.39. The fourth-order valence-electron chi connectivity index (χ4n) is 3.90. The minimum Gasteiger partial charge on any atom is -0.320 e. The van der Waals surface area contributed by atoms with Gasteiger partial charge in [-0.15, -0.1) is 0 Å². The van der Waals surface area contributed by atoms with Crippen molar-refractivity contribution in [3.63, 3.8) is 0 Å². The summed E-state index contributed by atoms with van der Waals surface area (Å²) in [6, 6.07) is 2.51. The van der Waals surface area contributed by atoms with Gasteiger partial charge in [0.25, 0.3) is 5.91 Å². The highest BCUT2D eigenvalue weighted by molar-refractivity contribution is 5.93. The van der Waals surface area contributed by atoms with Crippen LogP contribution in [0.25, 0.3) is 0 Å². The van der Waals surface area contributed by atoms with Crippen LogP contribution >= 0.6 is 0 Å². The molecule has 1 saturated carbocycles. The van der Waals surface area contributed by atoms with E-state index in [1.807, 2.05) is 13.1 Å². The van der Waals surface area contributed by atoms with Gasteiger partial charge in [0.15, 0.2) is 0 Å². The van der Waals surface area contributed by atoms with E-state index in [2.05, 4.69) is 22.1 Å². The molecule has 2 aliphatic rings. The molecule has 0 saturated heterocycles. The summed E-state index contributed by atoms with van der Waals surface area (Å²) in [5, 5.41) is 12.0. The van der Waals surface area contributed by atoms with Crippen LogP contribution in [0.4, 0.5) is 0 Å². The van der Waals surface area contributed by atoms with Gasteiger partial charge < -0.3 is 5.32 Å². The number of fused-ring (bicyclic) bond motifs is 1. The fourth-order valence-corrected chi connectivity index (χ4v) is 3.90. The van der Waals surface area contributed by atoms with E-state index in [0.717, 1.165) is 37.3 Å². The molecule has 3 rings (SSSR count). The minimum atomic E-state index is -0.498. The lowest BCUT2D eigenvalue weighted by Crippen LogP contribution is -2.51. The molecule has 6 heteroatoms. The summed E-state index contributed by atoms with van der Waals surface area (Å²) < 4.78 is 0. The topological polar surface area (TPSA) is 77.5 Å². The molecule has 3 N–H and O–H groups in total. The number of amides is 1. The average Bonchev–Trinajstić information content (AvgIpc) is 2.55. The highest BCUT2D eigenvalue weighted by Crippen LogP contribution is 2.46. The smallest absolute Gasteiger partial charge is 0.276 e. The number of nitrogens with zero attached hydrogens (tertiary/aromatic N) is 2. The second-order valence-electron chi connectivity index (χ2n) is 7.22. The van der Waals surface area contributed by atoms with Gasteiger partial charge in [0.2, 0.25) is 0 Å². The van der Waals surface area contributed by atoms with Crippen molar-refractivity contribution in [2.45, 2.75) is 45.2 Å². The number of carbonyl (C=O) groups excluding carboxylic acids is 1. The quantitative estimate of drug-likeness (QED) is 0.564. The second kappa shape index (κ2) is 6.55. The average molecular weight is 318 g/mol. The first-order chi connectivity index (χ1) is 11.0. The van der Waals surface area contributed by atoms with Gasteiger partial charge in [-0.1, -0.05) is 6.92 Å². The minimum absolute atomic E-state index is 0.419. The molecule has 1 aromatic heterocycles. The van der Waals surface area contributed by atoms with Crippen LogP contribution < -0.4 is 10.8 Å².